The number of aryl methyl sites for hydroxylation is 1. The molecule has 0 radical (unpaired) electrons. The van der Waals surface area contributed by atoms with Gasteiger partial charge in [0.2, 0.25) is 0 Å². The molecular formula is C29H31FN4O2S. The summed E-state index contributed by atoms with van der Waals surface area (Å²) >= 11 is 0. The third-order valence-electron chi connectivity index (χ3n) is 7.71. The predicted molar refractivity (Wildman–Crippen MR) is 145 cm³/mol. The van der Waals surface area contributed by atoms with Gasteiger partial charge in [0, 0.05) is 52.9 Å². The molecule has 6 rings (SSSR count). The van der Waals surface area contributed by atoms with E-state index in [2.05, 4.69) is 29.0 Å². The number of rotatable bonds is 4. The van der Waals surface area contributed by atoms with Gasteiger partial charge < -0.3 is 14.2 Å². The minimum Gasteiger partial charge on any atom is -0.495 e. The van der Waals surface area contributed by atoms with E-state index in [1.54, 1.807) is 13.4 Å². The number of aromatic nitrogens is 2. The molecule has 0 amide bonds. The van der Waals surface area contributed by atoms with E-state index in [9.17, 15) is 8.60 Å². The van der Waals surface area contributed by atoms with Crippen molar-refractivity contribution in [3.63, 3.8) is 0 Å². The summed E-state index contributed by atoms with van der Waals surface area (Å²) in [5.41, 5.74) is 5.14. The fourth-order valence-electron chi connectivity index (χ4n) is 6.09. The lowest BCUT2D eigenvalue weighted by Gasteiger charge is -2.54. The van der Waals surface area contributed by atoms with Gasteiger partial charge in [-0.25, -0.2) is 9.37 Å². The number of hydrogen-bond donors (Lipinski definition) is 0. The molecule has 37 heavy (non-hydrogen) atoms. The smallest absolute Gasteiger partial charge is 0.143 e. The van der Waals surface area contributed by atoms with Crippen molar-refractivity contribution in [2.24, 2.45) is 16.3 Å². The second-order valence-corrected chi connectivity index (χ2v) is 12.2. The van der Waals surface area contributed by atoms with Crippen LogP contribution in [0.4, 0.5) is 4.39 Å². The van der Waals surface area contributed by atoms with Crippen LogP contribution in [0.5, 0.6) is 5.75 Å². The molecule has 3 aromatic rings. The maximum atomic E-state index is 13.7. The van der Waals surface area contributed by atoms with Crippen molar-refractivity contribution in [3.8, 4) is 11.4 Å². The van der Waals surface area contributed by atoms with Gasteiger partial charge in [-0.3, -0.25) is 9.20 Å². The highest BCUT2D eigenvalue weighted by atomic mass is 32.2. The molecule has 2 atom stereocenters. The van der Waals surface area contributed by atoms with E-state index < -0.39 is 10.8 Å². The Balaban J connectivity index is 1.40. The highest BCUT2D eigenvalue weighted by Gasteiger charge is 2.51. The van der Waals surface area contributed by atoms with Crippen molar-refractivity contribution >= 4 is 22.7 Å². The van der Waals surface area contributed by atoms with Crippen molar-refractivity contribution < 1.29 is 13.3 Å². The summed E-state index contributed by atoms with van der Waals surface area (Å²) in [6, 6.07) is 13.2. The Kier molecular flexibility index (Phi) is 6.02. The first-order valence-corrected chi connectivity index (χ1v) is 14.1. The molecule has 0 bridgehead atoms. The second-order valence-electron chi connectivity index (χ2n) is 10.7. The van der Waals surface area contributed by atoms with E-state index in [1.165, 1.54) is 12.1 Å². The van der Waals surface area contributed by atoms with E-state index in [4.69, 9.17) is 9.73 Å². The Bertz CT molecular complexity index is 1420. The molecule has 2 aromatic carbocycles. The Morgan fingerprint density at radius 3 is 2.65 bits per heavy atom. The molecule has 2 saturated heterocycles. The summed E-state index contributed by atoms with van der Waals surface area (Å²) in [7, 11) is 0.912. The number of ether oxygens (including phenoxy) is 1. The largest absolute Gasteiger partial charge is 0.495 e. The van der Waals surface area contributed by atoms with Gasteiger partial charge in [0.25, 0.3) is 0 Å². The molecule has 3 aliphatic heterocycles. The zero-order valence-corrected chi connectivity index (χ0v) is 22.2. The van der Waals surface area contributed by atoms with Crippen LogP contribution in [0.1, 0.15) is 36.2 Å². The van der Waals surface area contributed by atoms with Crippen LogP contribution in [0, 0.1) is 24.1 Å². The third-order valence-corrected chi connectivity index (χ3v) is 9.58. The minimum atomic E-state index is -0.769. The Hall–Kier alpha value is -3.26. The van der Waals surface area contributed by atoms with Crippen LogP contribution < -0.4 is 4.74 Å². The van der Waals surface area contributed by atoms with Crippen LogP contribution in [0.25, 0.3) is 11.8 Å². The van der Waals surface area contributed by atoms with Gasteiger partial charge in [-0.2, -0.15) is 0 Å². The lowest BCUT2D eigenvalue weighted by Crippen LogP contribution is -2.60. The molecule has 8 heteroatoms. The normalized spacial score (nSPS) is 28.1. The van der Waals surface area contributed by atoms with Gasteiger partial charge in [-0.05, 0) is 60.4 Å². The second kappa shape index (κ2) is 9.24. The summed E-state index contributed by atoms with van der Waals surface area (Å²) in [6.07, 6.45) is 6.82. The van der Waals surface area contributed by atoms with E-state index in [0.29, 0.717) is 18.1 Å². The molecule has 2 unspecified atom stereocenters. The SMILES string of the molecule is COc1cc(/C=C2\CC3(CN4C2=NCC(C)C4c2ccc(F)cc2)CS(=O)C3)ccc1-n1cnc(C)c1. The summed E-state index contributed by atoms with van der Waals surface area (Å²) in [4.78, 5) is 11.8. The van der Waals surface area contributed by atoms with Gasteiger partial charge in [0.1, 0.15) is 17.4 Å². The van der Waals surface area contributed by atoms with Gasteiger partial charge in [-0.1, -0.05) is 25.1 Å². The molecule has 0 N–H and O–H groups in total. The maximum absolute atomic E-state index is 13.7. The number of halogens is 1. The van der Waals surface area contributed by atoms with Crippen molar-refractivity contribution in [1.29, 1.82) is 0 Å². The quantitative estimate of drug-likeness (QED) is 0.490. The van der Waals surface area contributed by atoms with Gasteiger partial charge in [0.05, 0.1) is 30.9 Å². The van der Waals surface area contributed by atoms with Crippen LogP contribution in [-0.4, -0.2) is 56.2 Å². The maximum Gasteiger partial charge on any atom is 0.143 e. The number of fused-ring (bicyclic) bond motifs is 1. The molecule has 6 nitrogen and oxygen atoms in total. The molecule has 1 spiro atoms. The zero-order chi connectivity index (χ0) is 25.7. The number of amidine groups is 1. The summed E-state index contributed by atoms with van der Waals surface area (Å²) < 4.78 is 33.7. The molecule has 4 heterocycles. The number of nitrogens with zero attached hydrogens (tertiary/aromatic N) is 4. The third kappa shape index (κ3) is 4.41. The first-order valence-electron chi connectivity index (χ1n) is 12.7. The van der Waals surface area contributed by atoms with E-state index in [0.717, 1.165) is 52.6 Å². The number of benzene rings is 2. The lowest BCUT2D eigenvalue weighted by molar-refractivity contribution is 0.142. The van der Waals surface area contributed by atoms with Crippen molar-refractivity contribution in [2.45, 2.75) is 26.3 Å². The highest BCUT2D eigenvalue weighted by Crippen LogP contribution is 2.47. The fourth-order valence-corrected chi connectivity index (χ4v) is 7.76. The molecular weight excluding hydrogens is 487 g/mol. The van der Waals surface area contributed by atoms with Gasteiger partial charge in [0.15, 0.2) is 0 Å². The lowest BCUT2D eigenvalue weighted by atomic mass is 9.76. The number of methoxy groups -OCH3 is 1. The van der Waals surface area contributed by atoms with Gasteiger partial charge in [-0.15, -0.1) is 0 Å². The van der Waals surface area contributed by atoms with Crippen LogP contribution in [-0.2, 0) is 10.8 Å². The Morgan fingerprint density at radius 2 is 1.97 bits per heavy atom. The summed E-state index contributed by atoms with van der Waals surface area (Å²) in [5.74, 6) is 3.25. The molecule has 1 aromatic heterocycles. The number of piperidine rings is 1. The standard InChI is InChI=1S/C29H31FN4O2S/c1-19-13-31-28-23(10-21-4-9-25(26(11-21)36-3)33-14-20(2)32-18-33)12-29(16-37(35)17-29)15-34(28)27(19)22-5-7-24(30)8-6-22/h4-11,14,18-19,27H,12-13,15-17H2,1-3H3/b23-10+. The van der Waals surface area contributed by atoms with Gasteiger partial charge >= 0.3 is 0 Å². The first kappa shape index (κ1) is 24.1. The predicted octanol–water partition coefficient (Wildman–Crippen LogP) is 4.96. The molecule has 3 aliphatic rings. The topological polar surface area (TPSA) is 59.7 Å². The molecule has 2 fully saturated rings. The van der Waals surface area contributed by atoms with Crippen LogP contribution in [0.2, 0.25) is 0 Å². The minimum absolute atomic E-state index is 0.0244. The zero-order valence-electron chi connectivity index (χ0n) is 21.4. The fraction of sp³-hybridized carbons (Fsp3) is 0.379. The summed E-state index contributed by atoms with van der Waals surface area (Å²) in [5, 5.41) is 0. The summed E-state index contributed by atoms with van der Waals surface area (Å²) in [6.45, 7) is 5.71. The number of imidazole rings is 1. The molecule has 0 saturated carbocycles. The van der Waals surface area contributed by atoms with Crippen LogP contribution in [0.15, 0.2) is 65.6 Å². The highest BCUT2D eigenvalue weighted by molar-refractivity contribution is 7.86. The number of hydrogen-bond acceptors (Lipinski definition) is 5. The average Bonchev–Trinajstić information content (AvgIpc) is 3.30. The average molecular weight is 519 g/mol. The van der Waals surface area contributed by atoms with Crippen LogP contribution in [0.3, 0.4) is 0 Å². The monoisotopic (exact) mass is 518 g/mol. The van der Waals surface area contributed by atoms with Crippen molar-refractivity contribution in [3.05, 3.63) is 83.2 Å². The van der Waals surface area contributed by atoms with E-state index in [-0.39, 0.29) is 23.2 Å². The van der Waals surface area contributed by atoms with E-state index >= 15 is 0 Å². The first-order chi connectivity index (χ1) is 17.8. The Labute approximate surface area is 219 Å². The Morgan fingerprint density at radius 1 is 1.19 bits per heavy atom. The molecule has 192 valence electrons. The van der Waals surface area contributed by atoms with Crippen molar-refractivity contribution in [2.75, 3.05) is 31.7 Å². The molecule has 0 aliphatic carbocycles. The van der Waals surface area contributed by atoms with Crippen molar-refractivity contribution in [1.82, 2.24) is 14.5 Å². The number of aliphatic imine (C=N–C) groups is 1. The van der Waals surface area contributed by atoms with Crippen LogP contribution >= 0.6 is 0 Å². The van der Waals surface area contributed by atoms with E-state index in [1.807, 2.05) is 42.0 Å².